The monoisotopic (exact) mass is 160 g/mol. The third-order valence-corrected chi connectivity index (χ3v) is 1.37. The summed E-state index contributed by atoms with van der Waals surface area (Å²) >= 11 is 0. The predicted octanol–water partition coefficient (Wildman–Crippen LogP) is 0.932. The van der Waals surface area contributed by atoms with E-state index in [1.807, 2.05) is 6.92 Å². The molecule has 0 aromatic rings. The van der Waals surface area contributed by atoms with Gasteiger partial charge in [0, 0.05) is 20.6 Å². The molecule has 0 aromatic carbocycles. The fourth-order valence-corrected chi connectivity index (χ4v) is 0.787. The van der Waals surface area contributed by atoms with E-state index in [1.165, 1.54) is 0 Å². The smallest absolute Gasteiger partial charge is 0.159 e. The Morgan fingerprint density at radius 2 is 1.91 bits per heavy atom. The summed E-state index contributed by atoms with van der Waals surface area (Å²) in [6.07, 6.45) is 3.17. The molecule has 0 rings (SSSR count). The van der Waals surface area contributed by atoms with E-state index in [1.54, 1.807) is 26.4 Å². The highest BCUT2D eigenvalue weighted by molar-refractivity contribution is 4.85. The van der Waals surface area contributed by atoms with Gasteiger partial charge in [0.2, 0.25) is 0 Å². The van der Waals surface area contributed by atoms with Crippen LogP contribution in [0.5, 0.6) is 0 Å². The second kappa shape index (κ2) is 6.34. The van der Waals surface area contributed by atoms with Crippen LogP contribution in [0.1, 0.15) is 13.3 Å². The van der Waals surface area contributed by atoms with Crippen LogP contribution in [0.2, 0.25) is 0 Å². The molecule has 1 unspecified atom stereocenters. The largest absolute Gasteiger partial charge is 0.389 e. The van der Waals surface area contributed by atoms with Crippen LogP contribution in [0.15, 0.2) is 12.2 Å². The highest BCUT2D eigenvalue weighted by Crippen LogP contribution is 2.03. The first-order chi connectivity index (χ1) is 5.24. The van der Waals surface area contributed by atoms with Crippen molar-refractivity contribution in [1.82, 2.24) is 0 Å². The van der Waals surface area contributed by atoms with E-state index in [2.05, 4.69) is 0 Å². The molecule has 0 aliphatic carbocycles. The lowest BCUT2D eigenvalue weighted by atomic mass is 10.2. The minimum absolute atomic E-state index is 0.318. The summed E-state index contributed by atoms with van der Waals surface area (Å²) < 4.78 is 9.80. The molecule has 0 aliphatic rings. The first-order valence-corrected chi connectivity index (χ1v) is 3.61. The first kappa shape index (κ1) is 10.6. The van der Waals surface area contributed by atoms with E-state index in [4.69, 9.17) is 9.47 Å². The van der Waals surface area contributed by atoms with Crippen LogP contribution >= 0.6 is 0 Å². The van der Waals surface area contributed by atoms with Crippen LogP contribution < -0.4 is 0 Å². The quantitative estimate of drug-likeness (QED) is 0.480. The van der Waals surface area contributed by atoms with Crippen molar-refractivity contribution in [3.8, 4) is 0 Å². The van der Waals surface area contributed by atoms with Gasteiger partial charge in [-0.15, -0.1) is 0 Å². The summed E-state index contributed by atoms with van der Waals surface area (Å²) in [5.41, 5.74) is 0. The second-order valence-electron chi connectivity index (χ2n) is 2.23. The van der Waals surface area contributed by atoms with E-state index in [9.17, 15) is 5.11 Å². The maximum absolute atomic E-state index is 9.24. The van der Waals surface area contributed by atoms with E-state index in [0.29, 0.717) is 6.42 Å². The first-order valence-electron chi connectivity index (χ1n) is 3.61. The van der Waals surface area contributed by atoms with Gasteiger partial charge in [0.05, 0.1) is 6.10 Å². The Hall–Kier alpha value is -0.380. The van der Waals surface area contributed by atoms with Gasteiger partial charge < -0.3 is 14.6 Å². The van der Waals surface area contributed by atoms with Crippen LogP contribution in [0.4, 0.5) is 0 Å². The average molecular weight is 160 g/mol. The van der Waals surface area contributed by atoms with Gasteiger partial charge in [-0.2, -0.15) is 0 Å². The van der Waals surface area contributed by atoms with Gasteiger partial charge in [-0.1, -0.05) is 12.2 Å². The van der Waals surface area contributed by atoms with Crippen molar-refractivity contribution in [2.24, 2.45) is 0 Å². The van der Waals surface area contributed by atoms with E-state index >= 15 is 0 Å². The average Bonchev–Trinajstić information content (AvgIpc) is 2.01. The van der Waals surface area contributed by atoms with Crippen molar-refractivity contribution in [2.75, 3.05) is 14.2 Å². The molecule has 0 aliphatic heterocycles. The molecular formula is C8H16O3. The fraction of sp³-hybridized carbons (Fsp3) is 0.750. The molecule has 0 saturated carbocycles. The Bertz CT molecular complexity index is 108. The minimum Gasteiger partial charge on any atom is -0.389 e. The van der Waals surface area contributed by atoms with E-state index in [0.717, 1.165) is 0 Å². The standard InChI is InChI=1S/C8H16O3/c1-4-5-7(9)6-8(10-2)11-3/h4-5,7-9H,6H2,1-3H3/b5-4+. The summed E-state index contributed by atoms with van der Waals surface area (Å²) in [5.74, 6) is 0. The number of aliphatic hydroxyl groups is 1. The van der Waals surface area contributed by atoms with Gasteiger partial charge in [-0.05, 0) is 6.92 Å². The lowest BCUT2D eigenvalue weighted by Crippen LogP contribution is -2.19. The molecule has 0 spiro atoms. The van der Waals surface area contributed by atoms with Gasteiger partial charge in [0.15, 0.2) is 6.29 Å². The molecular weight excluding hydrogens is 144 g/mol. The van der Waals surface area contributed by atoms with Gasteiger partial charge in [0.25, 0.3) is 0 Å². The molecule has 11 heavy (non-hydrogen) atoms. The zero-order valence-corrected chi connectivity index (χ0v) is 7.28. The zero-order chi connectivity index (χ0) is 8.69. The second-order valence-corrected chi connectivity index (χ2v) is 2.23. The van der Waals surface area contributed by atoms with Crippen molar-refractivity contribution in [1.29, 1.82) is 0 Å². The highest BCUT2D eigenvalue weighted by Gasteiger charge is 2.09. The lowest BCUT2D eigenvalue weighted by Gasteiger charge is -2.14. The number of methoxy groups -OCH3 is 2. The molecule has 1 atom stereocenters. The summed E-state index contributed by atoms with van der Waals surface area (Å²) in [7, 11) is 3.10. The Morgan fingerprint density at radius 1 is 1.36 bits per heavy atom. The van der Waals surface area contributed by atoms with Crippen molar-refractivity contribution < 1.29 is 14.6 Å². The van der Waals surface area contributed by atoms with Gasteiger partial charge in [0.1, 0.15) is 0 Å². The predicted molar refractivity (Wildman–Crippen MR) is 43.2 cm³/mol. The van der Waals surface area contributed by atoms with Gasteiger partial charge in [-0.3, -0.25) is 0 Å². The normalized spacial score (nSPS) is 14.6. The molecule has 0 bridgehead atoms. The zero-order valence-electron chi connectivity index (χ0n) is 7.28. The fourth-order valence-electron chi connectivity index (χ4n) is 0.787. The van der Waals surface area contributed by atoms with Crippen molar-refractivity contribution in [2.45, 2.75) is 25.7 Å². The molecule has 0 fully saturated rings. The van der Waals surface area contributed by atoms with E-state index in [-0.39, 0.29) is 6.29 Å². The van der Waals surface area contributed by atoms with Crippen LogP contribution in [0.25, 0.3) is 0 Å². The molecule has 0 radical (unpaired) electrons. The number of hydrogen-bond acceptors (Lipinski definition) is 3. The van der Waals surface area contributed by atoms with Crippen molar-refractivity contribution in [3.05, 3.63) is 12.2 Å². The van der Waals surface area contributed by atoms with Crippen molar-refractivity contribution in [3.63, 3.8) is 0 Å². The van der Waals surface area contributed by atoms with Gasteiger partial charge >= 0.3 is 0 Å². The van der Waals surface area contributed by atoms with Crippen LogP contribution in [0.3, 0.4) is 0 Å². The molecule has 66 valence electrons. The third kappa shape index (κ3) is 4.95. The van der Waals surface area contributed by atoms with Crippen LogP contribution in [0, 0.1) is 0 Å². The maximum atomic E-state index is 9.24. The SMILES string of the molecule is C/C=C/C(O)CC(OC)OC. The van der Waals surface area contributed by atoms with E-state index < -0.39 is 6.10 Å². The number of allylic oxidation sites excluding steroid dienone is 1. The van der Waals surface area contributed by atoms with Gasteiger partial charge in [-0.25, -0.2) is 0 Å². The Kier molecular flexibility index (Phi) is 6.12. The lowest BCUT2D eigenvalue weighted by molar-refractivity contribution is -0.118. The van der Waals surface area contributed by atoms with Crippen molar-refractivity contribution >= 4 is 0 Å². The summed E-state index contributed by atoms with van der Waals surface area (Å²) in [4.78, 5) is 0. The molecule has 0 aromatic heterocycles. The number of rotatable bonds is 5. The molecule has 0 amide bonds. The molecule has 3 heteroatoms. The number of ether oxygens (including phenoxy) is 2. The molecule has 0 saturated heterocycles. The van der Waals surface area contributed by atoms with Crippen LogP contribution in [-0.4, -0.2) is 31.7 Å². The maximum Gasteiger partial charge on any atom is 0.159 e. The molecule has 1 N–H and O–H groups in total. The summed E-state index contributed by atoms with van der Waals surface area (Å²) in [5, 5.41) is 9.24. The number of hydrogen-bond donors (Lipinski definition) is 1. The summed E-state index contributed by atoms with van der Waals surface area (Å²) in [6, 6.07) is 0. The Balaban J connectivity index is 3.61. The van der Waals surface area contributed by atoms with Crippen LogP contribution in [-0.2, 0) is 9.47 Å². The summed E-state index contributed by atoms with van der Waals surface area (Å²) in [6.45, 7) is 1.86. The number of aliphatic hydroxyl groups excluding tert-OH is 1. The highest BCUT2D eigenvalue weighted by atomic mass is 16.7. The molecule has 0 heterocycles. The minimum atomic E-state index is -0.482. The topological polar surface area (TPSA) is 38.7 Å². The molecule has 3 nitrogen and oxygen atoms in total. The Morgan fingerprint density at radius 3 is 2.27 bits per heavy atom. The Labute approximate surface area is 67.6 Å². The third-order valence-electron chi connectivity index (χ3n) is 1.37.